The topological polar surface area (TPSA) is 34.2 Å². The number of likely N-dealkylation sites (N-methyl/N-ethyl adjacent to an activating group) is 1. The van der Waals surface area contributed by atoms with Gasteiger partial charge in [-0.2, -0.15) is 0 Å². The second-order valence-electron chi connectivity index (χ2n) is 6.75. The summed E-state index contributed by atoms with van der Waals surface area (Å²) in [4.78, 5) is 2.24. The van der Waals surface area contributed by atoms with E-state index < -0.39 is 0 Å². The van der Waals surface area contributed by atoms with Gasteiger partial charge in [-0.3, -0.25) is 0 Å². The number of para-hydroxylation sites is 1. The number of nitrogens with two attached hydrogens (primary N) is 1. The van der Waals surface area contributed by atoms with E-state index in [-0.39, 0.29) is 5.41 Å². The molecule has 3 nitrogen and oxygen atoms in total. The molecule has 0 radical (unpaired) electrons. The molecule has 21 heavy (non-hydrogen) atoms. The highest BCUT2D eigenvalue weighted by Crippen LogP contribution is 2.43. The second kappa shape index (κ2) is 5.82. The molecule has 2 N–H and O–H groups in total. The zero-order chi connectivity index (χ0) is 14.9. The summed E-state index contributed by atoms with van der Waals surface area (Å²) in [6, 6.07) is 8.81. The molecule has 0 aliphatic heterocycles. The summed E-state index contributed by atoms with van der Waals surface area (Å²) in [7, 11) is 4.26. The van der Waals surface area contributed by atoms with Gasteiger partial charge in [-0.05, 0) is 38.6 Å². The first-order valence-corrected chi connectivity index (χ1v) is 8.09. The summed E-state index contributed by atoms with van der Waals surface area (Å²) < 4.78 is 2.42. The number of benzene rings is 1. The molecule has 3 heteroatoms. The van der Waals surface area contributed by atoms with Crippen LogP contribution in [0.15, 0.2) is 30.5 Å². The van der Waals surface area contributed by atoms with Gasteiger partial charge < -0.3 is 15.2 Å². The minimum atomic E-state index is 0.211. The average molecular weight is 285 g/mol. The third-order valence-corrected chi connectivity index (χ3v) is 5.10. The average Bonchev–Trinajstić information content (AvgIpc) is 3.10. The summed E-state index contributed by atoms with van der Waals surface area (Å²) in [6.07, 6.45) is 7.49. The Morgan fingerprint density at radius 3 is 2.57 bits per heavy atom. The molecule has 1 aliphatic carbocycles. The molecule has 1 aliphatic rings. The molecule has 2 aromatic rings. The lowest BCUT2D eigenvalue weighted by atomic mass is 9.79. The monoisotopic (exact) mass is 285 g/mol. The first kappa shape index (κ1) is 14.6. The van der Waals surface area contributed by atoms with Gasteiger partial charge in [0, 0.05) is 42.1 Å². The van der Waals surface area contributed by atoms with Crippen LogP contribution in [-0.2, 0) is 12.0 Å². The number of nitrogens with zero attached hydrogens (tertiary/aromatic N) is 2. The molecule has 3 rings (SSSR count). The Kier molecular flexibility index (Phi) is 4.05. The van der Waals surface area contributed by atoms with Crippen molar-refractivity contribution in [3.63, 3.8) is 0 Å². The molecule has 1 saturated carbocycles. The van der Waals surface area contributed by atoms with Crippen LogP contribution in [0.2, 0.25) is 0 Å². The van der Waals surface area contributed by atoms with Crippen LogP contribution >= 0.6 is 0 Å². The third-order valence-electron chi connectivity index (χ3n) is 5.10. The molecule has 114 valence electrons. The maximum Gasteiger partial charge on any atom is 0.0483 e. The van der Waals surface area contributed by atoms with E-state index in [1.54, 1.807) is 0 Å². The zero-order valence-corrected chi connectivity index (χ0v) is 13.3. The van der Waals surface area contributed by atoms with Crippen LogP contribution in [0.25, 0.3) is 10.9 Å². The Hall–Kier alpha value is -1.32. The SMILES string of the molecule is CN(C)CCn1cc(C2(CN)CCCC2)c2ccccc21. The molecule has 0 unspecified atom stereocenters. The maximum atomic E-state index is 6.21. The van der Waals surface area contributed by atoms with Crippen molar-refractivity contribution >= 4 is 10.9 Å². The summed E-state index contributed by atoms with van der Waals surface area (Å²) >= 11 is 0. The van der Waals surface area contributed by atoms with Gasteiger partial charge in [-0.25, -0.2) is 0 Å². The highest BCUT2D eigenvalue weighted by molar-refractivity contribution is 5.85. The number of hydrogen-bond donors (Lipinski definition) is 1. The van der Waals surface area contributed by atoms with Crippen LogP contribution < -0.4 is 5.73 Å². The van der Waals surface area contributed by atoms with E-state index in [2.05, 4.69) is 54.0 Å². The number of fused-ring (bicyclic) bond motifs is 1. The molecule has 0 saturated heterocycles. The number of rotatable bonds is 5. The lowest BCUT2D eigenvalue weighted by Gasteiger charge is -2.27. The molecule has 1 aromatic carbocycles. The predicted molar refractivity (Wildman–Crippen MR) is 89.7 cm³/mol. The maximum absolute atomic E-state index is 6.21. The normalized spacial score (nSPS) is 17.9. The highest BCUT2D eigenvalue weighted by atomic mass is 15.1. The molecule has 1 aromatic heterocycles. The van der Waals surface area contributed by atoms with Crippen LogP contribution in [0.5, 0.6) is 0 Å². The van der Waals surface area contributed by atoms with E-state index in [1.807, 2.05) is 0 Å². The molecule has 1 fully saturated rings. The van der Waals surface area contributed by atoms with Crippen LogP contribution in [0.1, 0.15) is 31.2 Å². The van der Waals surface area contributed by atoms with Crippen molar-refractivity contribution in [3.05, 3.63) is 36.0 Å². The van der Waals surface area contributed by atoms with Gasteiger partial charge in [0.15, 0.2) is 0 Å². The predicted octanol–water partition coefficient (Wildman–Crippen LogP) is 2.97. The minimum Gasteiger partial charge on any atom is -0.346 e. The lowest BCUT2D eigenvalue weighted by molar-refractivity contribution is 0.385. The Labute approximate surface area is 127 Å². The Bertz CT molecular complexity index is 606. The van der Waals surface area contributed by atoms with Crippen LogP contribution in [0, 0.1) is 0 Å². The van der Waals surface area contributed by atoms with Gasteiger partial charge in [0.2, 0.25) is 0 Å². The fourth-order valence-corrected chi connectivity index (χ4v) is 3.80. The van der Waals surface area contributed by atoms with Crippen LogP contribution in [0.3, 0.4) is 0 Å². The van der Waals surface area contributed by atoms with Crippen molar-refractivity contribution in [1.82, 2.24) is 9.47 Å². The third kappa shape index (κ3) is 2.60. The summed E-state index contributed by atoms with van der Waals surface area (Å²) in [6.45, 7) is 2.87. The second-order valence-corrected chi connectivity index (χ2v) is 6.75. The largest absolute Gasteiger partial charge is 0.346 e. The highest BCUT2D eigenvalue weighted by Gasteiger charge is 2.36. The fourth-order valence-electron chi connectivity index (χ4n) is 3.80. The first-order valence-electron chi connectivity index (χ1n) is 8.09. The van der Waals surface area contributed by atoms with Gasteiger partial charge in [0.05, 0.1) is 0 Å². The summed E-state index contributed by atoms with van der Waals surface area (Å²) in [5, 5.41) is 1.41. The molecular formula is C18H27N3. The van der Waals surface area contributed by atoms with Crippen LogP contribution in [-0.4, -0.2) is 36.7 Å². The van der Waals surface area contributed by atoms with E-state index in [9.17, 15) is 0 Å². The van der Waals surface area contributed by atoms with E-state index in [4.69, 9.17) is 5.73 Å². The summed E-state index contributed by atoms with van der Waals surface area (Å²) in [5.74, 6) is 0. The van der Waals surface area contributed by atoms with Gasteiger partial charge >= 0.3 is 0 Å². The molecule has 1 heterocycles. The Balaban J connectivity index is 2.06. The number of aromatic nitrogens is 1. The van der Waals surface area contributed by atoms with Crippen molar-refractivity contribution in [1.29, 1.82) is 0 Å². The molecule has 0 spiro atoms. The van der Waals surface area contributed by atoms with Gasteiger partial charge in [-0.1, -0.05) is 31.0 Å². The van der Waals surface area contributed by atoms with E-state index >= 15 is 0 Å². The fraction of sp³-hybridized carbons (Fsp3) is 0.556. The zero-order valence-electron chi connectivity index (χ0n) is 13.3. The summed E-state index contributed by atoms with van der Waals surface area (Å²) in [5.41, 5.74) is 9.26. The number of hydrogen-bond acceptors (Lipinski definition) is 2. The first-order chi connectivity index (χ1) is 10.2. The minimum absolute atomic E-state index is 0.211. The van der Waals surface area contributed by atoms with Gasteiger partial charge in [-0.15, -0.1) is 0 Å². The molecule has 0 atom stereocenters. The smallest absolute Gasteiger partial charge is 0.0483 e. The van der Waals surface area contributed by atoms with Gasteiger partial charge in [0.25, 0.3) is 0 Å². The molecule has 0 amide bonds. The van der Waals surface area contributed by atoms with Crippen molar-refractivity contribution in [3.8, 4) is 0 Å². The van der Waals surface area contributed by atoms with Crippen molar-refractivity contribution in [2.75, 3.05) is 27.2 Å². The van der Waals surface area contributed by atoms with E-state index in [1.165, 1.54) is 42.1 Å². The quantitative estimate of drug-likeness (QED) is 0.916. The van der Waals surface area contributed by atoms with E-state index in [0.29, 0.717) is 0 Å². The van der Waals surface area contributed by atoms with Crippen molar-refractivity contribution in [2.45, 2.75) is 37.6 Å². The Morgan fingerprint density at radius 1 is 1.19 bits per heavy atom. The lowest BCUT2D eigenvalue weighted by Crippen LogP contribution is -2.31. The van der Waals surface area contributed by atoms with Crippen LogP contribution in [0.4, 0.5) is 0 Å². The van der Waals surface area contributed by atoms with Gasteiger partial charge in [0.1, 0.15) is 0 Å². The molecular weight excluding hydrogens is 258 g/mol. The van der Waals surface area contributed by atoms with E-state index in [0.717, 1.165) is 19.6 Å². The molecule has 0 bridgehead atoms. The van der Waals surface area contributed by atoms with Crippen molar-refractivity contribution in [2.24, 2.45) is 5.73 Å². The Morgan fingerprint density at radius 2 is 1.90 bits per heavy atom. The van der Waals surface area contributed by atoms with Crippen molar-refractivity contribution < 1.29 is 0 Å². The standard InChI is InChI=1S/C18H27N3/c1-20(2)11-12-21-13-16(15-7-3-4-8-17(15)21)18(14-19)9-5-6-10-18/h3-4,7-8,13H,5-6,9-12,14,19H2,1-2H3.